The number of halogens is 2. The molecular weight excluding hydrogens is 331 g/mol. The Balaban J connectivity index is 2.63. The van der Waals surface area contributed by atoms with Crippen LogP contribution >= 0.6 is 31.9 Å². The summed E-state index contributed by atoms with van der Waals surface area (Å²) in [5.74, 6) is 0. The lowest BCUT2D eigenvalue weighted by atomic mass is 9.97. The minimum absolute atomic E-state index is 0.529. The first-order chi connectivity index (χ1) is 7.78. The van der Waals surface area contributed by atoms with Gasteiger partial charge in [-0.3, -0.25) is 0 Å². The van der Waals surface area contributed by atoms with Crippen LogP contribution in [-0.2, 0) is 17.0 Å². The Labute approximate surface area is 113 Å². The van der Waals surface area contributed by atoms with E-state index in [0.29, 0.717) is 11.7 Å². The highest BCUT2D eigenvalue weighted by Crippen LogP contribution is 2.18. The van der Waals surface area contributed by atoms with Gasteiger partial charge < -0.3 is 0 Å². The molecule has 2 nitrogen and oxygen atoms in total. The van der Waals surface area contributed by atoms with E-state index in [1.807, 2.05) is 18.2 Å². The van der Waals surface area contributed by atoms with Crippen LogP contribution in [0.15, 0.2) is 18.2 Å². The zero-order chi connectivity index (χ0) is 11.5. The Morgan fingerprint density at radius 2 is 1.62 bits per heavy atom. The average molecular weight is 340 g/mol. The molecule has 80 valence electrons. The highest BCUT2D eigenvalue weighted by Gasteiger charge is 2.06. The van der Waals surface area contributed by atoms with Crippen LogP contribution in [0, 0.1) is 0 Å². The molecule has 0 aliphatic heterocycles. The van der Waals surface area contributed by atoms with Gasteiger partial charge in [0.05, 0.1) is 30.3 Å². The van der Waals surface area contributed by atoms with Gasteiger partial charge in [0.2, 0.25) is 0 Å². The number of hydrogen-bond acceptors (Lipinski definition) is 2. The minimum Gasteiger partial charge on any atom is -0.248 e. The number of benzene rings is 1. The van der Waals surface area contributed by atoms with E-state index < -0.39 is 0 Å². The molecule has 2 radical (unpaired) electrons. The highest BCUT2D eigenvalue weighted by molar-refractivity contribution is 9.09. The molecule has 0 saturated heterocycles. The molecule has 2 rings (SSSR count). The molecule has 0 aliphatic carbocycles. The number of aromatic nitrogens is 2. The summed E-state index contributed by atoms with van der Waals surface area (Å²) < 4.78 is 0. The predicted octanol–water partition coefficient (Wildman–Crippen LogP) is 3.09. The maximum Gasteiger partial charge on any atom is 0.0893 e. The smallest absolute Gasteiger partial charge is 0.0893 e. The summed E-state index contributed by atoms with van der Waals surface area (Å²) in [6, 6.07) is 5.95. The zero-order valence-corrected chi connectivity index (χ0v) is 11.8. The van der Waals surface area contributed by atoms with Gasteiger partial charge >= 0.3 is 0 Å². The second-order valence-electron chi connectivity index (χ2n) is 3.41. The second kappa shape index (κ2) is 5.28. The van der Waals surface area contributed by atoms with Gasteiger partial charge in [0.25, 0.3) is 0 Å². The standard InChI is InChI=1S/C11H9BBr2N2/c12-4-7-1-2-8-9(3-7)16-11(6-14)10(5-13)15-8/h1-3H,4-6H2. The summed E-state index contributed by atoms with van der Waals surface area (Å²) in [5, 5.41) is 1.43. The fourth-order valence-corrected chi connectivity index (χ4v) is 2.41. The van der Waals surface area contributed by atoms with Gasteiger partial charge in [-0.05, 0) is 12.1 Å². The van der Waals surface area contributed by atoms with Gasteiger partial charge in [-0.15, -0.1) is 0 Å². The van der Waals surface area contributed by atoms with Crippen molar-refractivity contribution in [1.29, 1.82) is 0 Å². The topological polar surface area (TPSA) is 25.8 Å². The quantitative estimate of drug-likeness (QED) is 0.634. The Bertz CT molecular complexity index is 517. The molecule has 0 N–H and O–H groups in total. The van der Waals surface area contributed by atoms with Crippen molar-refractivity contribution in [2.45, 2.75) is 17.0 Å². The summed E-state index contributed by atoms with van der Waals surface area (Å²) in [5.41, 5.74) is 4.84. The molecule has 0 aliphatic rings. The van der Waals surface area contributed by atoms with Gasteiger partial charge in [0.15, 0.2) is 0 Å². The molecule has 0 unspecified atom stereocenters. The lowest BCUT2D eigenvalue weighted by Gasteiger charge is -2.06. The first kappa shape index (κ1) is 12.1. The van der Waals surface area contributed by atoms with Gasteiger partial charge in [0.1, 0.15) is 0 Å². The van der Waals surface area contributed by atoms with E-state index in [2.05, 4.69) is 41.8 Å². The third kappa shape index (κ3) is 2.30. The SMILES string of the molecule is [B]Cc1ccc2nc(CBr)c(CBr)nc2c1. The van der Waals surface area contributed by atoms with Gasteiger partial charge in [-0.2, -0.15) is 0 Å². The van der Waals surface area contributed by atoms with Crippen LogP contribution in [0.3, 0.4) is 0 Å². The molecule has 1 heterocycles. The fraction of sp³-hybridized carbons (Fsp3) is 0.273. The van der Waals surface area contributed by atoms with Crippen LogP contribution in [0.25, 0.3) is 11.0 Å². The Morgan fingerprint density at radius 3 is 2.19 bits per heavy atom. The molecule has 2 aromatic rings. The number of hydrogen-bond donors (Lipinski definition) is 0. The molecule has 0 amide bonds. The van der Waals surface area contributed by atoms with E-state index in [9.17, 15) is 0 Å². The van der Waals surface area contributed by atoms with Crippen molar-refractivity contribution in [2.75, 3.05) is 0 Å². The van der Waals surface area contributed by atoms with E-state index >= 15 is 0 Å². The first-order valence-electron chi connectivity index (χ1n) is 4.89. The van der Waals surface area contributed by atoms with Crippen molar-refractivity contribution in [2.24, 2.45) is 0 Å². The zero-order valence-electron chi connectivity index (χ0n) is 8.58. The third-order valence-corrected chi connectivity index (χ3v) is 3.43. The van der Waals surface area contributed by atoms with Crippen molar-refractivity contribution in [3.8, 4) is 0 Å². The van der Waals surface area contributed by atoms with Crippen LogP contribution in [0.5, 0.6) is 0 Å². The van der Waals surface area contributed by atoms with Crippen molar-refractivity contribution in [3.63, 3.8) is 0 Å². The van der Waals surface area contributed by atoms with E-state index in [4.69, 9.17) is 7.85 Å². The average Bonchev–Trinajstić information content (AvgIpc) is 2.36. The molecule has 0 fully saturated rings. The first-order valence-corrected chi connectivity index (χ1v) is 7.13. The summed E-state index contributed by atoms with van der Waals surface area (Å²) in [6.07, 6.45) is 0.529. The number of fused-ring (bicyclic) bond motifs is 1. The summed E-state index contributed by atoms with van der Waals surface area (Å²) in [6.45, 7) is 0. The molecule has 0 spiro atoms. The number of rotatable bonds is 3. The molecular formula is C11H9BBr2N2. The summed E-state index contributed by atoms with van der Waals surface area (Å²) >= 11 is 6.84. The molecule has 1 aromatic carbocycles. The monoisotopic (exact) mass is 338 g/mol. The van der Waals surface area contributed by atoms with Gasteiger partial charge in [-0.1, -0.05) is 49.8 Å². The molecule has 0 saturated carbocycles. The maximum atomic E-state index is 5.60. The maximum absolute atomic E-state index is 5.60. The van der Waals surface area contributed by atoms with Crippen LogP contribution in [0.1, 0.15) is 17.0 Å². The van der Waals surface area contributed by atoms with E-state index in [1.54, 1.807) is 0 Å². The molecule has 0 bridgehead atoms. The van der Waals surface area contributed by atoms with Crippen molar-refractivity contribution in [3.05, 3.63) is 35.2 Å². The lowest BCUT2D eigenvalue weighted by molar-refractivity contribution is 1.08. The van der Waals surface area contributed by atoms with Crippen LogP contribution in [-0.4, -0.2) is 17.8 Å². The largest absolute Gasteiger partial charge is 0.248 e. The van der Waals surface area contributed by atoms with Crippen LogP contribution in [0.4, 0.5) is 0 Å². The van der Waals surface area contributed by atoms with Gasteiger partial charge in [-0.25, -0.2) is 9.97 Å². The fourth-order valence-electron chi connectivity index (χ4n) is 1.51. The van der Waals surface area contributed by atoms with E-state index in [1.165, 1.54) is 0 Å². The Morgan fingerprint density at radius 1 is 1.00 bits per heavy atom. The highest BCUT2D eigenvalue weighted by atomic mass is 79.9. The molecule has 0 atom stereocenters. The second-order valence-corrected chi connectivity index (χ2v) is 4.53. The normalized spacial score (nSPS) is 10.9. The summed E-state index contributed by atoms with van der Waals surface area (Å²) in [4.78, 5) is 9.14. The van der Waals surface area contributed by atoms with E-state index in [0.717, 1.165) is 33.3 Å². The predicted molar refractivity (Wildman–Crippen MR) is 74.3 cm³/mol. The van der Waals surface area contributed by atoms with Crippen molar-refractivity contribution >= 4 is 50.7 Å². The lowest BCUT2D eigenvalue weighted by Crippen LogP contribution is -1.99. The van der Waals surface area contributed by atoms with Crippen molar-refractivity contribution in [1.82, 2.24) is 9.97 Å². The van der Waals surface area contributed by atoms with Crippen LogP contribution in [0.2, 0.25) is 0 Å². The Hall–Kier alpha value is -0.415. The minimum atomic E-state index is 0.529. The van der Waals surface area contributed by atoms with Gasteiger partial charge in [0, 0.05) is 10.7 Å². The Kier molecular flexibility index (Phi) is 3.98. The molecule has 16 heavy (non-hydrogen) atoms. The molecule has 1 aromatic heterocycles. The summed E-state index contributed by atoms with van der Waals surface area (Å²) in [7, 11) is 5.60. The van der Waals surface area contributed by atoms with E-state index in [-0.39, 0.29) is 0 Å². The van der Waals surface area contributed by atoms with Crippen LogP contribution < -0.4 is 0 Å². The number of nitrogens with zero attached hydrogens (tertiary/aromatic N) is 2. The molecule has 5 heteroatoms. The third-order valence-electron chi connectivity index (χ3n) is 2.37. The number of alkyl halides is 2. The van der Waals surface area contributed by atoms with Crippen molar-refractivity contribution < 1.29 is 0 Å².